The molecule has 0 aliphatic carbocycles. The summed E-state index contributed by atoms with van der Waals surface area (Å²) in [6.07, 6.45) is 0. The number of nitrogens with one attached hydrogen (secondary N) is 1. The number of benzene rings is 1. The molecule has 84 valence electrons. The topological polar surface area (TPSA) is 28.7 Å². The van der Waals surface area contributed by atoms with Gasteiger partial charge in [0.15, 0.2) is 0 Å². The number of hydrogen-bond donors (Lipinski definition) is 1. The molecular weight excluding hydrogens is 228 g/mol. The van der Waals surface area contributed by atoms with Gasteiger partial charge in [-0.05, 0) is 18.4 Å². The number of aromatic nitrogens is 2. The smallest absolute Gasteiger partial charge is 0.138 e. The van der Waals surface area contributed by atoms with Crippen LogP contribution in [0.25, 0.3) is 22.0 Å². The number of aromatic amines is 1. The molecule has 2 nitrogen and oxygen atoms in total. The lowest BCUT2D eigenvalue weighted by Crippen LogP contribution is -1.78. The molecule has 3 heteroatoms. The number of hydrogen-bond acceptors (Lipinski definition) is 2. The van der Waals surface area contributed by atoms with Crippen molar-refractivity contribution in [1.29, 1.82) is 0 Å². The second-order valence-corrected chi connectivity index (χ2v) is 4.85. The van der Waals surface area contributed by atoms with Crippen molar-refractivity contribution in [2.75, 3.05) is 0 Å². The van der Waals surface area contributed by atoms with Crippen LogP contribution < -0.4 is 0 Å². The normalized spacial score (nSPS) is 10.6. The van der Waals surface area contributed by atoms with Gasteiger partial charge in [-0.15, -0.1) is 11.3 Å². The van der Waals surface area contributed by atoms with E-state index in [1.807, 2.05) is 18.2 Å². The van der Waals surface area contributed by atoms with Crippen molar-refractivity contribution in [2.45, 2.75) is 6.92 Å². The first-order valence-corrected chi connectivity index (χ1v) is 6.38. The van der Waals surface area contributed by atoms with Crippen LogP contribution in [0, 0.1) is 6.92 Å². The lowest BCUT2D eigenvalue weighted by molar-refractivity contribution is 1.26. The molecule has 0 aliphatic heterocycles. The fraction of sp³-hybridized carbons (Fsp3) is 0.0714. The van der Waals surface area contributed by atoms with Gasteiger partial charge in [0.25, 0.3) is 0 Å². The van der Waals surface area contributed by atoms with Crippen molar-refractivity contribution in [1.82, 2.24) is 9.97 Å². The molecule has 2 heterocycles. The second-order valence-electron chi connectivity index (χ2n) is 3.90. The highest BCUT2D eigenvalue weighted by Gasteiger charge is 2.10. The maximum absolute atomic E-state index is 4.68. The van der Waals surface area contributed by atoms with E-state index < -0.39 is 0 Å². The van der Waals surface area contributed by atoms with E-state index in [4.69, 9.17) is 0 Å². The van der Waals surface area contributed by atoms with Gasteiger partial charge < -0.3 is 4.98 Å². The van der Waals surface area contributed by atoms with Gasteiger partial charge in [0.1, 0.15) is 11.5 Å². The van der Waals surface area contributed by atoms with E-state index in [1.54, 1.807) is 11.3 Å². The van der Waals surface area contributed by atoms with Crippen LogP contribution in [-0.4, -0.2) is 9.97 Å². The van der Waals surface area contributed by atoms with Crippen LogP contribution in [0.15, 0.2) is 47.8 Å². The van der Waals surface area contributed by atoms with Crippen LogP contribution in [0.2, 0.25) is 0 Å². The highest BCUT2D eigenvalue weighted by atomic mass is 32.1. The first-order valence-electron chi connectivity index (χ1n) is 5.50. The van der Waals surface area contributed by atoms with Crippen molar-refractivity contribution < 1.29 is 0 Å². The Morgan fingerprint density at radius 3 is 2.59 bits per heavy atom. The Kier molecular flexibility index (Phi) is 2.53. The molecule has 1 N–H and O–H groups in total. The number of aryl methyl sites for hydroxylation is 1. The molecule has 0 radical (unpaired) electrons. The van der Waals surface area contributed by atoms with Crippen LogP contribution in [0.4, 0.5) is 0 Å². The van der Waals surface area contributed by atoms with Gasteiger partial charge in [0.2, 0.25) is 0 Å². The number of thiophene rings is 1. The molecular formula is C14H12N2S. The summed E-state index contributed by atoms with van der Waals surface area (Å²) in [7, 11) is 0. The third-order valence-corrected chi connectivity index (χ3v) is 3.56. The zero-order valence-electron chi connectivity index (χ0n) is 9.47. The van der Waals surface area contributed by atoms with Gasteiger partial charge in [0, 0.05) is 11.3 Å². The van der Waals surface area contributed by atoms with E-state index >= 15 is 0 Å². The second kappa shape index (κ2) is 4.18. The molecule has 0 fully saturated rings. The summed E-state index contributed by atoms with van der Waals surface area (Å²) in [6.45, 7) is 2.06. The Labute approximate surface area is 104 Å². The van der Waals surface area contributed by atoms with Crippen LogP contribution in [0.3, 0.4) is 0 Å². The van der Waals surface area contributed by atoms with Gasteiger partial charge >= 0.3 is 0 Å². The number of imidazole rings is 1. The molecule has 2 aromatic heterocycles. The van der Waals surface area contributed by atoms with E-state index in [1.165, 1.54) is 4.88 Å². The molecule has 0 saturated heterocycles. The average molecular weight is 240 g/mol. The minimum atomic E-state index is 0.937. The molecule has 0 bridgehead atoms. The van der Waals surface area contributed by atoms with Gasteiger partial charge in [-0.2, -0.15) is 0 Å². The molecule has 0 unspecified atom stereocenters. The Morgan fingerprint density at radius 2 is 1.88 bits per heavy atom. The minimum Gasteiger partial charge on any atom is -0.342 e. The third kappa shape index (κ3) is 1.89. The zero-order chi connectivity index (χ0) is 11.7. The molecule has 17 heavy (non-hydrogen) atoms. The first kappa shape index (κ1) is 10.3. The van der Waals surface area contributed by atoms with Crippen molar-refractivity contribution in [3.05, 3.63) is 53.5 Å². The van der Waals surface area contributed by atoms with Gasteiger partial charge in [0.05, 0.1) is 4.88 Å². The Balaban J connectivity index is 2.08. The van der Waals surface area contributed by atoms with Crippen LogP contribution in [0.1, 0.15) is 5.69 Å². The largest absolute Gasteiger partial charge is 0.342 e. The first-order chi connectivity index (χ1) is 8.34. The lowest BCUT2D eigenvalue weighted by atomic mass is 10.2. The summed E-state index contributed by atoms with van der Waals surface area (Å²) in [5.74, 6) is 0.937. The Morgan fingerprint density at radius 1 is 1.06 bits per heavy atom. The van der Waals surface area contributed by atoms with Gasteiger partial charge in [-0.25, -0.2) is 4.98 Å². The molecule has 3 rings (SSSR count). The molecule has 0 atom stereocenters. The highest BCUT2D eigenvalue weighted by molar-refractivity contribution is 7.13. The quantitative estimate of drug-likeness (QED) is 0.717. The number of H-pyrrole nitrogens is 1. The van der Waals surface area contributed by atoms with E-state index in [0.717, 1.165) is 22.8 Å². The molecule has 0 amide bonds. The Hall–Kier alpha value is -1.87. The van der Waals surface area contributed by atoms with Crippen LogP contribution >= 0.6 is 11.3 Å². The summed E-state index contributed by atoms with van der Waals surface area (Å²) >= 11 is 1.72. The molecule has 3 aromatic rings. The van der Waals surface area contributed by atoms with E-state index in [9.17, 15) is 0 Å². The van der Waals surface area contributed by atoms with Gasteiger partial charge in [-0.3, -0.25) is 0 Å². The maximum atomic E-state index is 4.68. The van der Waals surface area contributed by atoms with E-state index in [-0.39, 0.29) is 0 Å². The third-order valence-electron chi connectivity index (χ3n) is 2.69. The molecule has 0 spiro atoms. The van der Waals surface area contributed by atoms with Gasteiger partial charge in [-0.1, -0.05) is 36.4 Å². The fourth-order valence-corrected chi connectivity index (χ4v) is 2.62. The van der Waals surface area contributed by atoms with E-state index in [0.29, 0.717) is 0 Å². The zero-order valence-corrected chi connectivity index (χ0v) is 10.3. The van der Waals surface area contributed by atoms with E-state index in [2.05, 4.69) is 46.5 Å². The predicted molar refractivity (Wildman–Crippen MR) is 72.1 cm³/mol. The standard InChI is InChI=1S/C14H12N2S/c1-10-13(12-8-5-9-17-12)16-14(15-10)11-6-3-2-4-7-11/h2-9H,1H3,(H,15,16). The van der Waals surface area contributed by atoms with Crippen LogP contribution in [-0.2, 0) is 0 Å². The monoisotopic (exact) mass is 240 g/mol. The summed E-state index contributed by atoms with van der Waals surface area (Å²) in [5, 5.41) is 2.08. The molecule has 0 aliphatic rings. The van der Waals surface area contributed by atoms with Crippen LogP contribution in [0.5, 0.6) is 0 Å². The lowest BCUT2D eigenvalue weighted by Gasteiger charge is -1.93. The summed E-state index contributed by atoms with van der Waals surface area (Å²) < 4.78 is 0. The number of rotatable bonds is 2. The van der Waals surface area contributed by atoms with Crippen molar-refractivity contribution in [3.63, 3.8) is 0 Å². The molecule has 0 saturated carbocycles. The summed E-state index contributed by atoms with van der Waals surface area (Å²) in [6, 6.07) is 14.3. The average Bonchev–Trinajstić information content (AvgIpc) is 2.99. The Bertz CT molecular complexity index is 609. The van der Waals surface area contributed by atoms with Crippen molar-refractivity contribution in [2.24, 2.45) is 0 Å². The predicted octanol–water partition coefficient (Wildman–Crippen LogP) is 4.11. The van der Waals surface area contributed by atoms with Crippen molar-refractivity contribution in [3.8, 4) is 22.0 Å². The number of nitrogens with zero attached hydrogens (tertiary/aromatic N) is 1. The molecule has 1 aromatic carbocycles. The maximum Gasteiger partial charge on any atom is 0.138 e. The SMILES string of the molecule is Cc1[nH]c(-c2ccccc2)nc1-c1cccs1. The van der Waals surface area contributed by atoms with Crippen molar-refractivity contribution >= 4 is 11.3 Å². The fourth-order valence-electron chi connectivity index (χ4n) is 1.85. The summed E-state index contributed by atoms with van der Waals surface area (Å²) in [5.41, 5.74) is 3.29. The summed E-state index contributed by atoms with van der Waals surface area (Å²) in [4.78, 5) is 9.23. The highest BCUT2D eigenvalue weighted by Crippen LogP contribution is 2.28. The minimum absolute atomic E-state index is 0.937.